The van der Waals surface area contributed by atoms with Crippen molar-refractivity contribution in [3.05, 3.63) is 83.7 Å². The summed E-state index contributed by atoms with van der Waals surface area (Å²) in [4.78, 5) is 30.1. The second-order valence-electron chi connectivity index (χ2n) is 16.4. The van der Waals surface area contributed by atoms with Crippen molar-refractivity contribution < 1.29 is 52.3 Å². The normalized spacial score (nSPS) is 10.9. The average molecular weight is 941 g/mol. The van der Waals surface area contributed by atoms with E-state index >= 15 is 0 Å². The van der Waals surface area contributed by atoms with Crippen LogP contribution in [0.3, 0.4) is 0 Å². The maximum Gasteiger partial charge on any atom is 0.265 e. The van der Waals surface area contributed by atoms with Gasteiger partial charge >= 0.3 is 0 Å². The fourth-order valence-electron chi connectivity index (χ4n) is 7.76. The number of benzene rings is 2. The van der Waals surface area contributed by atoms with E-state index < -0.39 is 11.8 Å². The number of ether oxygens (including phenoxy) is 3. The lowest BCUT2D eigenvalue weighted by Gasteiger charge is -2.22. The number of pyridine rings is 1. The topological polar surface area (TPSA) is 69.0 Å². The molecule has 60 heavy (non-hydrogen) atoms. The third-order valence-corrected chi connectivity index (χ3v) is 11.3. The maximum absolute atomic E-state index is 14.5. The molecule has 3 aromatic rings. The largest absolute Gasteiger partial charge is 1.00 e. The van der Waals surface area contributed by atoms with Gasteiger partial charge in [-0.3, -0.25) is 14.5 Å². The summed E-state index contributed by atoms with van der Waals surface area (Å²) in [7, 11) is 1.54. The third-order valence-electron chi connectivity index (χ3n) is 11.3. The number of amides is 2. The molecule has 8 heteroatoms. The highest BCUT2D eigenvalue weighted by atomic mass is 127. The molecule has 336 valence electrons. The summed E-state index contributed by atoms with van der Waals surface area (Å²) in [6.45, 7) is 8.71. The van der Waals surface area contributed by atoms with Gasteiger partial charge in [0.1, 0.15) is 18.8 Å². The number of rotatable bonds is 35. The van der Waals surface area contributed by atoms with Crippen LogP contribution in [0.4, 0.5) is 0 Å². The van der Waals surface area contributed by atoms with E-state index in [1.807, 2.05) is 36.5 Å². The van der Waals surface area contributed by atoms with Gasteiger partial charge in [-0.15, -0.1) is 0 Å². The van der Waals surface area contributed by atoms with Gasteiger partial charge in [0, 0.05) is 24.1 Å². The molecule has 0 atom stereocenters. The van der Waals surface area contributed by atoms with E-state index in [0.717, 1.165) is 44.3 Å². The van der Waals surface area contributed by atoms with Crippen molar-refractivity contribution in [1.29, 1.82) is 0 Å². The molecule has 3 rings (SSSR count). The number of hydrogen-bond donors (Lipinski definition) is 0. The van der Waals surface area contributed by atoms with E-state index in [1.54, 1.807) is 37.4 Å². The van der Waals surface area contributed by atoms with E-state index in [-0.39, 0.29) is 30.5 Å². The molecule has 1 heterocycles. The van der Waals surface area contributed by atoms with Crippen LogP contribution in [0.2, 0.25) is 0 Å². The Hall–Kier alpha value is -3.14. The molecule has 7 nitrogen and oxygen atoms in total. The first kappa shape index (κ1) is 53.0. The van der Waals surface area contributed by atoms with Gasteiger partial charge in [-0.25, -0.2) is 4.57 Å². The quantitative estimate of drug-likeness (QED) is 0.0254. The summed E-state index contributed by atoms with van der Waals surface area (Å²) < 4.78 is 20.4. The molecule has 1 aromatic heterocycles. The molecule has 0 bridgehead atoms. The molecule has 0 radical (unpaired) electrons. The van der Waals surface area contributed by atoms with Gasteiger partial charge < -0.3 is 38.2 Å². The van der Waals surface area contributed by atoms with Gasteiger partial charge in [0.25, 0.3) is 11.8 Å². The third kappa shape index (κ3) is 21.1. The predicted octanol–water partition coefficient (Wildman–Crippen LogP) is 11.0. The predicted molar refractivity (Wildman–Crippen MR) is 244 cm³/mol. The Morgan fingerprint density at radius 1 is 0.517 bits per heavy atom. The first-order chi connectivity index (χ1) is 29.0. The lowest BCUT2D eigenvalue weighted by molar-refractivity contribution is -0.704. The van der Waals surface area contributed by atoms with Crippen LogP contribution < -0.4 is 42.8 Å². The Bertz CT molecular complexity index is 1560. The highest BCUT2D eigenvalue weighted by Gasteiger charge is 2.30. The van der Waals surface area contributed by atoms with Gasteiger partial charge in [0.2, 0.25) is 5.69 Å². The lowest BCUT2D eigenvalue weighted by atomic mass is 10.1. The minimum Gasteiger partial charge on any atom is -1.00 e. The smallest absolute Gasteiger partial charge is 0.265 e. The number of para-hydroxylation sites is 1. The van der Waals surface area contributed by atoms with E-state index in [4.69, 9.17) is 14.2 Å². The van der Waals surface area contributed by atoms with Crippen LogP contribution in [0.5, 0.6) is 17.2 Å². The minimum absolute atomic E-state index is 0. The number of nitrogens with zero attached hydrogens (tertiary/aromatic N) is 2. The van der Waals surface area contributed by atoms with Crippen LogP contribution >= 0.6 is 0 Å². The van der Waals surface area contributed by atoms with Crippen molar-refractivity contribution in [1.82, 2.24) is 4.90 Å². The van der Waals surface area contributed by atoms with Gasteiger partial charge in [-0.05, 0) is 43.2 Å². The Morgan fingerprint density at radius 2 is 1.00 bits per heavy atom. The zero-order chi connectivity index (χ0) is 42.2. The highest BCUT2D eigenvalue weighted by Crippen LogP contribution is 2.31. The number of unbranched alkanes of at least 4 members (excludes halogenated alkanes) is 22. The SMILES string of the molecule is CCCCCCCCCCCCCCOc1ccc(C(=O)N(Cc2cccc[n+]2CCC)C(=O)c2ccccc2OC)cc1OCCCCCCCCCCCCCC.[I-]. The lowest BCUT2D eigenvalue weighted by Crippen LogP contribution is -3.00. The molecule has 0 unspecified atom stereocenters. The van der Waals surface area contributed by atoms with Crippen LogP contribution in [-0.4, -0.2) is 37.0 Å². The second kappa shape index (κ2) is 34.4. The van der Waals surface area contributed by atoms with Crippen molar-refractivity contribution in [3.63, 3.8) is 0 Å². The monoisotopic (exact) mass is 941 g/mol. The fourth-order valence-corrected chi connectivity index (χ4v) is 7.76. The molecule has 0 spiro atoms. The van der Waals surface area contributed by atoms with Gasteiger partial charge in [-0.1, -0.05) is 180 Å². The zero-order valence-corrected chi connectivity index (χ0v) is 40.3. The Labute approximate surface area is 382 Å². The summed E-state index contributed by atoms with van der Waals surface area (Å²) in [6, 6.07) is 18.4. The van der Waals surface area contributed by atoms with Crippen molar-refractivity contribution in [2.75, 3.05) is 20.3 Å². The van der Waals surface area contributed by atoms with Crippen LogP contribution in [0.25, 0.3) is 0 Å². The van der Waals surface area contributed by atoms with Gasteiger partial charge in [0.05, 0.1) is 25.9 Å². The average Bonchev–Trinajstić information content (AvgIpc) is 3.26. The number of carbonyl (C=O) groups excluding carboxylic acids is 2. The van der Waals surface area contributed by atoms with Crippen molar-refractivity contribution >= 4 is 11.8 Å². The molecule has 2 aromatic carbocycles. The molecule has 0 saturated carbocycles. The molecule has 0 saturated heterocycles. The Morgan fingerprint density at radius 3 is 1.52 bits per heavy atom. The number of aryl methyl sites for hydroxylation is 1. The standard InChI is InChI=1S/C52H81N2O5.HI/c1-5-8-10-12-14-16-18-20-22-24-26-32-41-58-49-38-37-45(43-50(49)59-42-33-27-25-23-21-19-17-15-13-11-9-6-2)51(55)54(44-46-34-30-31-40-53(46)39-7-3)52(56)47-35-28-29-36-48(47)57-4;/h28-31,34-38,40,43H,5-27,32-33,39,41-42,44H2,1-4H3;1H/q+1;/p-1. The molecule has 0 aliphatic rings. The maximum atomic E-state index is 14.5. The van der Waals surface area contributed by atoms with E-state index in [2.05, 4.69) is 25.3 Å². The van der Waals surface area contributed by atoms with Crippen LogP contribution in [0.15, 0.2) is 66.9 Å². The summed E-state index contributed by atoms with van der Waals surface area (Å²) in [5, 5.41) is 0. The molecule has 0 N–H and O–H groups in total. The molecular weight excluding hydrogens is 859 g/mol. The summed E-state index contributed by atoms with van der Waals surface area (Å²) >= 11 is 0. The minimum atomic E-state index is -0.411. The van der Waals surface area contributed by atoms with E-state index in [9.17, 15) is 9.59 Å². The van der Waals surface area contributed by atoms with Crippen molar-refractivity contribution in [2.45, 2.75) is 194 Å². The molecule has 2 amide bonds. The fraction of sp³-hybridized carbons (Fsp3) is 0.635. The highest BCUT2D eigenvalue weighted by molar-refractivity contribution is 6.11. The van der Waals surface area contributed by atoms with Crippen molar-refractivity contribution in [3.8, 4) is 17.2 Å². The summed E-state index contributed by atoms with van der Waals surface area (Å²) in [5.41, 5.74) is 1.59. The van der Waals surface area contributed by atoms with Crippen LogP contribution in [0.1, 0.15) is 208 Å². The molecular formula is C52H81IN2O5. The van der Waals surface area contributed by atoms with Crippen molar-refractivity contribution in [2.24, 2.45) is 0 Å². The first-order valence-electron chi connectivity index (χ1n) is 23.9. The number of aromatic nitrogens is 1. The second-order valence-corrected chi connectivity index (χ2v) is 16.4. The Kier molecular flexibility index (Phi) is 30.4. The summed E-state index contributed by atoms with van der Waals surface area (Å²) in [6.07, 6.45) is 33.7. The number of halogens is 1. The van der Waals surface area contributed by atoms with E-state index in [0.29, 0.717) is 41.6 Å². The van der Waals surface area contributed by atoms with Gasteiger partial charge in [0.15, 0.2) is 17.7 Å². The molecule has 0 aliphatic heterocycles. The summed E-state index contributed by atoms with van der Waals surface area (Å²) in [5.74, 6) is 0.831. The first-order valence-corrected chi connectivity index (χ1v) is 23.9. The van der Waals surface area contributed by atoms with Gasteiger partial charge in [-0.2, -0.15) is 0 Å². The number of carbonyl (C=O) groups is 2. The van der Waals surface area contributed by atoms with E-state index in [1.165, 1.54) is 133 Å². The number of imide groups is 1. The Balaban J connectivity index is 0.0000124. The van der Waals surface area contributed by atoms with Crippen LogP contribution in [0, 0.1) is 0 Å². The zero-order valence-electron chi connectivity index (χ0n) is 38.2. The molecule has 0 fully saturated rings. The number of methoxy groups -OCH3 is 1. The van der Waals surface area contributed by atoms with Crippen LogP contribution in [-0.2, 0) is 13.1 Å². The number of hydrogen-bond acceptors (Lipinski definition) is 5. The molecule has 0 aliphatic carbocycles.